The molecule has 0 N–H and O–H groups in total. The Kier molecular flexibility index (Phi) is 6.53. The number of fused-ring (bicyclic) bond motifs is 13. The molecule has 0 aliphatic rings. The van der Waals surface area contributed by atoms with Crippen molar-refractivity contribution in [2.24, 2.45) is 0 Å². The van der Waals surface area contributed by atoms with E-state index in [0.29, 0.717) is 11.6 Å². The van der Waals surface area contributed by atoms with Crippen molar-refractivity contribution in [3.8, 4) is 34.2 Å². The second-order valence-corrected chi connectivity index (χ2v) is 14.3. The second kappa shape index (κ2) is 11.9. The molecule has 0 radical (unpaired) electrons. The van der Waals surface area contributed by atoms with Gasteiger partial charge in [-0.05, 0) is 47.2 Å². The molecule has 0 atom stereocenters. The molecular weight excluding hydrogens is 685 g/mol. The fourth-order valence-corrected chi connectivity index (χ4v) is 8.74. The van der Waals surface area contributed by atoms with Crippen LogP contribution in [0.25, 0.3) is 110 Å². The van der Waals surface area contributed by atoms with Crippen LogP contribution < -0.4 is 0 Å². The number of nitrogens with zero attached hydrogens (tertiary/aromatic N) is 6. The van der Waals surface area contributed by atoms with Crippen molar-refractivity contribution in [2.75, 3.05) is 0 Å². The monoisotopic (exact) mass is 714 g/mol. The second-order valence-electron chi connectivity index (χ2n) is 14.3. The summed E-state index contributed by atoms with van der Waals surface area (Å²) in [6, 6.07) is 59.8. The summed E-state index contributed by atoms with van der Waals surface area (Å²) in [5.74, 6) is 1.31. The molecule has 12 aromatic rings. The normalized spacial score (nSPS) is 11.9. The van der Waals surface area contributed by atoms with Gasteiger partial charge in [0.2, 0.25) is 0 Å². The van der Waals surface area contributed by atoms with Crippen molar-refractivity contribution in [2.45, 2.75) is 0 Å². The minimum absolute atomic E-state index is 0.639. The highest BCUT2D eigenvalue weighted by Gasteiger charge is 2.22. The Morgan fingerprint density at radius 1 is 0.321 bits per heavy atom. The third-order valence-corrected chi connectivity index (χ3v) is 11.2. The Hall–Kier alpha value is -7.70. The molecule has 6 heteroatoms. The first kappa shape index (κ1) is 30.7. The van der Waals surface area contributed by atoms with Crippen LogP contribution in [0.3, 0.4) is 0 Å². The quantitative estimate of drug-likeness (QED) is 0.170. The van der Waals surface area contributed by atoms with Gasteiger partial charge in [-0.3, -0.25) is 0 Å². The highest BCUT2D eigenvalue weighted by Crippen LogP contribution is 2.42. The number of aromatic nitrogens is 6. The first-order valence-corrected chi connectivity index (χ1v) is 18.8. The largest absolute Gasteiger partial charge is 0.307 e. The lowest BCUT2D eigenvalue weighted by molar-refractivity contribution is 1.15. The van der Waals surface area contributed by atoms with Crippen molar-refractivity contribution in [1.29, 1.82) is 0 Å². The molecule has 56 heavy (non-hydrogen) atoms. The lowest BCUT2D eigenvalue weighted by atomic mass is 10.0. The van der Waals surface area contributed by atoms with E-state index in [4.69, 9.17) is 19.9 Å². The maximum atomic E-state index is 5.32. The summed E-state index contributed by atoms with van der Waals surface area (Å²) in [4.78, 5) is 20.3. The summed E-state index contributed by atoms with van der Waals surface area (Å²) < 4.78 is 4.83. The number of rotatable bonds is 4. The zero-order valence-corrected chi connectivity index (χ0v) is 30.0. The van der Waals surface area contributed by atoms with Crippen molar-refractivity contribution in [1.82, 2.24) is 29.1 Å². The van der Waals surface area contributed by atoms with E-state index >= 15 is 0 Å². The summed E-state index contributed by atoms with van der Waals surface area (Å²) in [6.07, 6.45) is 3.89. The van der Waals surface area contributed by atoms with E-state index in [-0.39, 0.29) is 0 Å². The van der Waals surface area contributed by atoms with E-state index in [1.807, 2.05) is 42.7 Å². The van der Waals surface area contributed by atoms with Gasteiger partial charge in [-0.1, -0.05) is 133 Å². The van der Waals surface area contributed by atoms with Crippen LogP contribution in [-0.4, -0.2) is 29.1 Å². The zero-order valence-electron chi connectivity index (χ0n) is 30.0. The van der Waals surface area contributed by atoms with E-state index < -0.39 is 0 Å². The van der Waals surface area contributed by atoms with Gasteiger partial charge in [-0.2, -0.15) is 0 Å². The molecule has 0 saturated heterocycles. The Bertz CT molecular complexity index is 3530. The van der Waals surface area contributed by atoms with Gasteiger partial charge in [0.25, 0.3) is 0 Å². The minimum atomic E-state index is 0.639. The van der Waals surface area contributed by atoms with Crippen LogP contribution in [0.4, 0.5) is 0 Å². The predicted molar refractivity (Wildman–Crippen MR) is 230 cm³/mol. The minimum Gasteiger partial charge on any atom is -0.307 e. The van der Waals surface area contributed by atoms with Gasteiger partial charge in [0.1, 0.15) is 11.0 Å². The SMILES string of the molecule is c1ccc(-c2ncc3c4ccccc4c4cnc(-c5cccc(-n6c7ccccc7c7ccc8c9ccccc9n(-c9ccccc9)c8c76)c5)nc4c3n2)cc1. The number of para-hydroxylation sites is 3. The summed E-state index contributed by atoms with van der Waals surface area (Å²) >= 11 is 0. The molecule has 4 aromatic heterocycles. The van der Waals surface area contributed by atoms with Gasteiger partial charge < -0.3 is 9.13 Å². The number of hydrogen-bond acceptors (Lipinski definition) is 4. The molecule has 260 valence electrons. The summed E-state index contributed by atoms with van der Waals surface area (Å²) in [5, 5.41) is 8.93. The molecule has 4 heterocycles. The van der Waals surface area contributed by atoms with Crippen LogP contribution >= 0.6 is 0 Å². The van der Waals surface area contributed by atoms with E-state index in [0.717, 1.165) is 66.1 Å². The molecule has 0 aliphatic heterocycles. The summed E-state index contributed by atoms with van der Waals surface area (Å²) in [6.45, 7) is 0. The highest BCUT2D eigenvalue weighted by atomic mass is 15.0. The molecule has 0 bridgehead atoms. The van der Waals surface area contributed by atoms with Crippen LogP contribution in [0.5, 0.6) is 0 Å². The molecule has 6 nitrogen and oxygen atoms in total. The summed E-state index contributed by atoms with van der Waals surface area (Å²) in [5.41, 5.74) is 10.3. The standard InChI is InChI=1S/C50H30N6/c1-3-14-31(15-4-1)49-51-29-41-35-20-7-8-21-36(35)42-30-52-50(54-46(42)45(41)53-49)32-16-13-19-34(28-32)56-44-25-12-10-23-38(44)40-27-26-39-37-22-9-11-24-43(37)55(47(39)48(40)56)33-17-5-2-6-18-33/h1-30H. The van der Waals surface area contributed by atoms with Gasteiger partial charge in [0.05, 0.1) is 22.1 Å². The molecular formula is C50H30N6. The van der Waals surface area contributed by atoms with Crippen LogP contribution in [0.2, 0.25) is 0 Å². The average Bonchev–Trinajstić information content (AvgIpc) is 3.80. The molecule has 0 aliphatic carbocycles. The van der Waals surface area contributed by atoms with Gasteiger partial charge >= 0.3 is 0 Å². The smallest absolute Gasteiger partial charge is 0.159 e. The maximum Gasteiger partial charge on any atom is 0.159 e. The lowest BCUT2D eigenvalue weighted by Crippen LogP contribution is -1.99. The third-order valence-electron chi connectivity index (χ3n) is 11.2. The van der Waals surface area contributed by atoms with Gasteiger partial charge in [0, 0.05) is 67.2 Å². The third kappa shape index (κ3) is 4.44. The van der Waals surface area contributed by atoms with Gasteiger partial charge in [-0.25, -0.2) is 19.9 Å². The Morgan fingerprint density at radius 2 is 0.768 bits per heavy atom. The summed E-state index contributed by atoms with van der Waals surface area (Å²) in [7, 11) is 0. The van der Waals surface area contributed by atoms with Gasteiger partial charge in [0.15, 0.2) is 11.6 Å². The van der Waals surface area contributed by atoms with Crippen LogP contribution in [0.1, 0.15) is 0 Å². The topological polar surface area (TPSA) is 61.4 Å². The van der Waals surface area contributed by atoms with Gasteiger partial charge in [-0.15, -0.1) is 0 Å². The van der Waals surface area contributed by atoms with Crippen molar-refractivity contribution < 1.29 is 0 Å². The Balaban J connectivity index is 1.13. The van der Waals surface area contributed by atoms with Crippen LogP contribution in [-0.2, 0) is 0 Å². The zero-order chi connectivity index (χ0) is 36.7. The number of hydrogen-bond donors (Lipinski definition) is 0. The Labute approximate surface area is 320 Å². The average molecular weight is 715 g/mol. The van der Waals surface area contributed by atoms with E-state index in [2.05, 4.69) is 149 Å². The lowest BCUT2D eigenvalue weighted by Gasteiger charge is -2.14. The molecule has 0 spiro atoms. The fourth-order valence-electron chi connectivity index (χ4n) is 8.74. The first-order chi connectivity index (χ1) is 27.8. The first-order valence-electron chi connectivity index (χ1n) is 18.8. The van der Waals surface area contributed by atoms with Crippen molar-refractivity contribution in [3.63, 3.8) is 0 Å². The number of benzene rings is 8. The molecule has 8 aromatic carbocycles. The highest BCUT2D eigenvalue weighted by molar-refractivity contribution is 6.24. The molecule has 0 amide bonds. The van der Waals surface area contributed by atoms with Crippen molar-refractivity contribution in [3.05, 3.63) is 182 Å². The molecule has 12 rings (SSSR count). The van der Waals surface area contributed by atoms with Crippen LogP contribution in [0, 0.1) is 0 Å². The molecule has 0 saturated carbocycles. The van der Waals surface area contributed by atoms with E-state index in [1.165, 1.54) is 32.6 Å². The Morgan fingerprint density at radius 3 is 1.36 bits per heavy atom. The van der Waals surface area contributed by atoms with E-state index in [9.17, 15) is 0 Å². The van der Waals surface area contributed by atoms with E-state index in [1.54, 1.807) is 0 Å². The molecule has 0 unspecified atom stereocenters. The van der Waals surface area contributed by atoms with Crippen molar-refractivity contribution >= 4 is 76.2 Å². The maximum absolute atomic E-state index is 5.32. The molecule has 0 fully saturated rings. The fraction of sp³-hybridized carbons (Fsp3) is 0. The van der Waals surface area contributed by atoms with Crippen LogP contribution in [0.15, 0.2) is 182 Å². The predicted octanol–water partition coefficient (Wildman–Crippen LogP) is 12.3.